The highest BCUT2D eigenvalue weighted by Gasteiger charge is 2.65. The summed E-state index contributed by atoms with van der Waals surface area (Å²) in [6.45, 7) is 0. The summed E-state index contributed by atoms with van der Waals surface area (Å²) >= 11 is 0. The maximum absolute atomic E-state index is 12.1. The van der Waals surface area contributed by atoms with Crippen molar-refractivity contribution in [3.05, 3.63) is 24.3 Å². The molecule has 0 heterocycles. The molecule has 14 heavy (non-hydrogen) atoms. The minimum Gasteiger partial charge on any atom is -0.291 e. The smallest absolute Gasteiger partial charge is 0.291 e. The SMILES string of the molecule is ONc1ccc(S(F)(F)(F)(F)F)cc1. The lowest BCUT2D eigenvalue weighted by Crippen LogP contribution is -2.05. The minimum atomic E-state index is -9.58. The monoisotopic (exact) mass is 235 g/mol. The number of nitrogens with one attached hydrogen (secondary N) is 1. The summed E-state index contributed by atoms with van der Waals surface area (Å²) in [5, 5.41) is 8.25. The van der Waals surface area contributed by atoms with E-state index in [1.807, 2.05) is 0 Å². The Hall–Kier alpha value is -1.02. The Balaban J connectivity index is 3.24. The molecule has 0 aliphatic rings. The van der Waals surface area contributed by atoms with Gasteiger partial charge in [-0.1, -0.05) is 19.4 Å². The molecule has 0 amide bonds. The van der Waals surface area contributed by atoms with Crippen LogP contribution in [0.3, 0.4) is 0 Å². The Bertz CT molecular complexity index is 343. The van der Waals surface area contributed by atoms with Crippen molar-refractivity contribution in [3.63, 3.8) is 0 Å². The highest BCUT2D eigenvalue weighted by Crippen LogP contribution is 3.02. The zero-order chi connectivity index (χ0) is 11.1. The summed E-state index contributed by atoms with van der Waals surface area (Å²) < 4.78 is 60.5. The Morgan fingerprint density at radius 1 is 0.929 bits per heavy atom. The van der Waals surface area contributed by atoms with Gasteiger partial charge < -0.3 is 0 Å². The van der Waals surface area contributed by atoms with Crippen molar-refractivity contribution in [1.82, 2.24) is 0 Å². The summed E-state index contributed by atoms with van der Waals surface area (Å²) in [5.41, 5.74) is 1.43. The molecule has 2 nitrogen and oxygen atoms in total. The molecule has 0 unspecified atom stereocenters. The second-order valence-electron chi connectivity index (χ2n) is 2.61. The lowest BCUT2D eigenvalue weighted by atomic mass is 10.3. The van der Waals surface area contributed by atoms with Crippen molar-refractivity contribution >= 4 is 15.9 Å². The summed E-state index contributed by atoms with van der Waals surface area (Å²) in [5.74, 6) is 0. The lowest BCUT2D eigenvalue weighted by Gasteiger charge is -2.40. The van der Waals surface area contributed by atoms with Crippen LogP contribution < -0.4 is 5.48 Å². The summed E-state index contributed by atoms with van der Waals surface area (Å²) in [6.07, 6.45) is 0. The first-order valence-electron chi connectivity index (χ1n) is 3.27. The molecule has 1 rings (SSSR count). The maximum Gasteiger partial charge on any atom is 0.310 e. The van der Waals surface area contributed by atoms with Gasteiger partial charge in [0.15, 0.2) is 0 Å². The van der Waals surface area contributed by atoms with E-state index in [1.54, 1.807) is 0 Å². The third kappa shape index (κ3) is 2.48. The van der Waals surface area contributed by atoms with Crippen molar-refractivity contribution < 1.29 is 24.6 Å². The zero-order valence-corrected chi connectivity index (χ0v) is 7.37. The first-order chi connectivity index (χ1) is 6.03. The molecule has 0 fully saturated rings. The topological polar surface area (TPSA) is 32.3 Å². The minimum absolute atomic E-state index is 0.101. The molecule has 0 atom stereocenters. The zero-order valence-electron chi connectivity index (χ0n) is 6.55. The molecule has 0 aliphatic heterocycles. The molecule has 0 saturated carbocycles. The summed E-state index contributed by atoms with van der Waals surface area (Å²) in [4.78, 5) is -1.98. The van der Waals surface area contributed by atoms with Crippen LogP contribution in [0.1, 0.15) is 0 Å². The van der Waals surface area contributed by atoms with Crippen molar-refractivity contribution in [2.75, 3.05) is 5.48 Å². The average Bonchev–Trinajstić information content (AvgIpc) is 2.01. The average molecular weight is 235 g/mol. The number of benzene rings is 1. The first kappa shape index (κ1) is 11.1. The number of halogens is 5. The van der Waals surface area contributed by atoms with Gasteiger partial charge in [0.1, 0.15) is 4.90 Å². The molecule has 0 spiro atoms. The second kappa shape index (κ2) is 2.31. The molecule has 0 bridgehead atoms. The molecule has 0 aliphatic carbocycles. The molecule has 8 heteroatoms. The predicted octanol–water partition coefficient (Wildman–Crippen LogP) is 4.15. The van der Waals surface area contributed by atoms with Gasteiger partial charge in [0.05, 0.1) is 5.69 Å². The van der Waals surface area contributed by atoms with E-state index in [0.29, 0.717) is 12.1 Å². The maximum atomic E-state index is 12.1. The van der Waals surface area contributed by atoms with Gasteiger partial charge >= 0.3 is 10.2 Å². The second-order valence-corrected chi connectivity index (χ2v) is 5.01. The van der Waals surface area contributed by atoms with Crippen LogP contribution in [0.2, 0.25) is 0 Å². The Morgan fingerprint density at radius 2 is 1.36 bits per heavy atom. The van der Waals surface area contributed by atoms with Gasteiger partial charge in [-0.15, -0.1) is 0 Å². The molecule has 2 N–H and O–H groups in total. The van der Waals surface area contributed by atoms with Crippen LogP contribution >= 0.6 is 10.2 Å². The summed E-state index contributed by atoms with van der Waals surface area (Å²) in [6, 6.07) is 1.82. The van der Waals surface area contributed by atoms with E-state index < -0.39 is 15.1 Å². The fraction of sp³-hybridized carbons (Fsp3) is 0. The molecular weight excluding hydrogens is 229 g/mol. The van der Waals surface area contributed by atoms with Crippen LogP contribution in [0.15, 0.2) is 29.2 Å². The van der Waals surface area contributed by atoms with Gasteiger partial charge in [-0.2, -0.15) is 0 Å². The Kier molecular flexibility index (Phi) is 1.83. The largest absolute Gasteiger partial charge is 0.310 e. The molecule has 0 radical (unpaired) electrons. The van der Waals surface area contributed by atoms with Gasteiger partial charge in [0.2, 0.25) is 0 Å². The van der Waals surface area contributed by atoms with E-state index >= 15 is 0 Å². The standard InChI is InChI=1S/C6H6F5NOS/c7-14(8,9,10,11)6-3-1-5(12-13)2-4-6/h1-4,12-13H. The molecular formula is C6H6F5NOS. The number of rotatable bonds is 2. The highest BCUT2D eigenvalue weighted by atomic mass is 32.5. The molecule has 82 valence electrons. The summed E-state index contributed by atoms with van der Waals surface area (Å²) in [7, 11) is -9.58. The van der Waals surface area contributed by atoms with Crippen molar-refractivity contribution in [3.8, 4) is 0 Å². The molecule has 0 saturated heterocycles. The Morgan fingerprint density at radius 3 is 1.64 bits per heavy atom. The quantitative estimate of drug-likeness (QED) is 0.596. The van der Waals surface area contributed by atoms with Crippen LogP contribution in [0.4, 0.5) is 25.1 Å². The predicted molar refractivity (Wildman–Crippen MR) is 43.2 cm³/mol. The van der Waals surface area contributed by atoms with Crippen molar-refractivity contribution in [2.24, 2.45) is 0 Å². The van der Waals surface area contributed by atoms with E-state index in [1.165, 1.54) is 5.48 Å². The first-order valence-corrected chi connectivity index (χ1v) is 5.22. The molecule has 0 aromatic heterocycles. The number of anilines is 1. The molecule has 1 aromatic carbocycles. The fourth-order valence-corrected chi connectivity index (χ4v) is 1.44. The van der Waals surface area contributed by atoms with E-state index in [2.05, 4.69) is 0 Å². The van der Waals surface area contributed by atoms with Crippen LogP contribution in [-0.2, 0) is 0 Å². The van der Waals surface area contributed by atoms with E-state index in [4.69, 9.17) is 5.21 Å². The third-order valence-corrected chi connectivity index (χ3v) is 2.59. The van der Waals surface area contributed by atoms with Crippen molar-refractivity contribution in [1.29, 1.82) is 0 Å². The van der Waals surface area contributed by atoms with Crippen molar-refractivity contribution in [2.45, 2.75) is 4.90 Å². The van der Waals surface area contributed by atoms with E-state index in [9.17, 15) is 19.4 Å². The third-order valence-electron chi connectivity index (χ3n) is 1.43. The van der Waals surface area contributed by atoms with Gasteiger partial charge in [-0.05, 0) is 24.3 Å². The molecule has 1 aromatic rings. The lowest BCUT2D eigenvalue weighted by molar-refractivity contribution is 0.363. The van der Waals surface area contributed by atoms with Gasteiger partial charge in [0, 0.05) is 0 Å². The fourth-order valence-electron chi connectivity index (χ4n) is 0.787. The van der Waals surface area contributed by atoms with E-state index in [0.717, 1.165) is 0 Å². The van der Waals surface area contributed by atoms with Crippen LogP contribution in [0, 0.1) is 0 Å². The highest BCUT2D eigenvalue weighted by molar-refractivity contribution is 8.45. The number of hydrogen-bond donors (Lipinski definition) is 2. The van der Waals surface area contributed by atoms with Crippen LogP contribution in [0.25, 0.3) is 0 Å². The Labute approximate surface area is 76.0 Å². The number of hydrogen-bond acceptors (Lipinski definition) is 2. The van der Waals surface area contributed by atoms with Crippen LogP contribution in [-0.4, -0.2) is 5.21 Å². The van der Waals surface area contributed by atoms with Crippen LogP contribution in [0.5, 0.6) is 0 Å². The van der Waals surface area contributed by atoms with E-state index in [-0.39, 0.29) is 17.8 Å². The normalized spacial score (nSPS) is 17.0. The van der Waals surface area contributed by atoms with Gasteiger partial charge in [0.25, 0.3) is 0 Å². The van der Waals surface area contributed by atoms with Gasteiger partial charge in [-0.25, -0.2) is 0 Å². The van der Waals surface area contributed by atoms with Gasteiger partial charge in [-0.3, -0.25) is 10.7 Å².